The lowest BCUT2D eigenvalue weighted by Gasteiger charge is -2.24. The topological polar surface area (TPSA) is 60.4 Å². The van der Waals surface area contributed by atoms with Crippen LogP contribution in [0.4, 0.5) is 0 Å². The van der Waals surface area contributed by atoms with Crippen LogP contribution in [-0.2, 0) is 4.74 Å². The van der Waals surface area contributed by atoms with E-state index in [-0.39, 0.29) is 12.1 Å². The molecule has 1 aromatic rings. The van der Waals surface area contributed by atoms with Gasteiger partial charge in [0.25, 0.3) is 0 Å². The summed E-state index contributed by atoms with van der Waals surface area (Å²) in [7, 11) is 0. The van der Waals surface area contributed by atoms with Gasteiger partial charge < -0.3 is 9.15 Å². The lowest BCUT2D eigenvalue weighted by Crippen LogP contribution is -2.38. The van der Waals surface area contributed by atoms with Crippen LogP contribution in [0.15, 0.2) is 21.2 Å². The van der Waals surface area contributed by atoms with Gasteiger partial charge in [0.1, 0.15) is 11.8 Å². The lowest BCUT2D eigenvalue weighted by atomic mass is 10.0. The Labute approximate surface area is 105 Å². The van der Waals surface area contributed by atoms with Crippen LogP contribution in [0, 0.1) is 0 Å². The highest BCUT2D eigenvalue weighted by Gasteiger charge is 2.26. The third kappa shape index (κ3) is 3.31. The van der Waals surface area contributed by atoms with Crippen LogP contribution >= 0.6 is 15.9 Å². The van der Waals surface area contributed by atoms with Crippen LogP contribution in [0.25, 0.3) is 0 Å². The minimum atomic E-state index is -0.121. The number of hydrazine groups is 1. The molecule has 2 unspecified atom stereocenters. The molecule has 0 spiro atoms. The van der Waals surface area contributed by atoms with Crippen molar-refractivity contribution in [2.45, 2.75) is 38.8 Å². The summed E-state index contributed by atoms with van der Waals surface area (Å²) in [6.45, 7) is 4.77. The molecule has 0 aliphatic heterocycles. The van der Waals surface area contributed by atoms with Crippen LogP contribution in [0.3, 0.4) is 0 Å². The molecule has 0 bridgehead atoms. The number of nitrogens with one attached hydrogen (secondary N) is 1. The number of ether oxygens (including phenoxy) is 1. The highest BCUT2D eigenvalue weighted by atomic mass is 79.9. The molecule has 0 radical (unpaired) electrons. The summed E-state index contributed by atoms with van der Waals surface area (Å²) >= 11 is 3.43. The zero-order chi connectivity index (χ0) is 12.0. The maximum Gasteiger partial charge on any atom is 0.138 e. The Balaban J connectivity index is 2.81. The minimum Gasteiger partial charge on any atom is -0.466 e. The molecule has 3 N–H and O–H groups in total. The third-order valence-corrected chi connectivity index (χ3v) is 3.09. The van der Waals surface area contributed by atoms with Crippen molar-refractivity contribution in [3.05, 3.63) is 22.6 Å². The first-order valence-corrected chi connectivity index (χ1v) is 6.34. The van der Waals surface area contributed by atoms with Crippen LogP contribution < -0.4 is 11.3 Å². The quantitative estimate of drug-likeness (QED) is 0.599. The summed E-state index contributed by atoms with van der Waals surface area (Å²) in [6, 6.07) is 1.73. The molecule has 5 heteroatoms. The van der Waals surface area contributed by atoms with E-state index in [0.29, 0.717) is 6.61 Å². The van der Waals surface area contributed by atoms with Crippen molar-refractivity contribution in [3.8, 4) is 0 Å². The first kappa shape index (κ1) is 13.7. The fraction of sp³-hybridized carbons (Fsp3) is 0.636. The molecular formula is C11H19BrN2O2. The van der Waals surface area contributed by atoms with Crippen LogP contribution in [-0.4, -0.2) is 12.7 Å². The third-order valence-electron chi connectivity index (χ3n) is 2.43. The Hall–Kier alpha value is -0.360. The van der Waals surface area contributed by atoms with Crippen molar-refractivity contribution in [1.29, 1.82) is 0 Å². The highest BCUT2D eigenvalue weighted by molar-refractivity contribution is 9.10. The SMILES string of the molecule is CCCC(OCC)C(NN)c1occc1Br. The molecule has 1 aromatic heterocycles. The van der Waals surface area contributed by atoms with Gasteiger partial charge in [-0.05, 0) is 35.3 Å². The van der Waals surface area contributed by atoms with Gasteiger partial charge in [0, 0.05) is 6.61 Å². The molecule has 1 rings (SSSR count). The molecule has 0 aromatic carbocycles. The Morgan fingerprint density at radius 3 is 2.75 bits per heavy atom. The molecule has 0 saturated heterocycles. The van der Waals surface area contributed by atoms with Gasteiger partial charge in [0.15, 0.2) is 0 Å². The summed E-state index contributed by atoms with van der Waals surface area (Å²) < 4.78 is 12.0. The van der Waals surface area contributed by atoms with Crippen molar-refractivity contribution in [3.63, 3.8) is 0 Å². The highest BCUT2D eigenvalue weighted by Crippen LogP contribution is 2.29. The summed E-state index contributed by atoms with van der Waals surface area (Å²) in [6.07, 6.45) is 3.65. The van der Waals surface area contributed by atoms with E-state index >= 15 is 0 Å². The number of halogens is 1. The summed E-state index contributed by atoms with van der Waals surface area (Å²) in [4.78, 5) is 0. The van der Waals surface area contributed by atoms with E-state index < -0.39 is 0 Å². The van der Waals surface area contributed by atoms with Gasteiger partial charge in [-0.25, -0.2) is 5.43 Å². The van der Waals surface area contributed by atoms with Gasteiger partial charge in [-0.3, -0.25) is 5.84 Å². The summed E-state index contributed by atoms with van der Waals surface area (Å²) in [5, 5.41) is 0. The molecule has 4 nitrogen and oxygen atoms in total. The van der Waals surface area contributed by atoms with Crippen molar-refractivity contribution in [1.82, 2.24) is 5.43 Å². The fourth-order valence-corrected chi connectivity index (χ4v) is 2.17. The molecule has 0 amide bonds. The number of nitrogens with two attached hydrogens (primary N) is 1. The smallest absolute Gasteiger partial charge is 0.138 e. The van der Waals surface area contributed by atoms with Crippen LogP contribution in [0.1, 0.15) is 38.5 Å². The van der Waals surface area contributed by atoms with Gasteiger partial charge in [0.05, 0.1) is 16.8 Å². The van der Waals surface area contributed by atoms with Gasteiger partial charge in [0.2, 0.25) is 0 Å². The first-order valence-electron chi connectivity index (χ1n) is 5.55. The Bertz CT molecular complexity index is 298. The molecule has 0 fully saturated rings. The lowest BCUT2D eigenvalue weighted by molar-refractivity contribution is 0.0218. The van der Waals surface area contributed by atoms with Crippen molar-refractivity contribution in [2.24, 2.45) is 5.84 Å². The second-order valence-electron chi connectivity index (χ2n) is 3.56. The average Bonchev–Trinajstić information content (AvgIpc) is 2.67. The molecule has 2 atom stereocenters. The molecule has 0 aliphatic carbocycles. The number of rotatable bonds is 7. The predicted molar refractivity (Wildman–Crippen MR) is 66.8 cm³/mol. The second-order valence-corrected chi connectivity index (χ2v) is 4.41. The van der Waals surface area contributed by atoms with Crippen molar-refractivity contribution < 1.29 is 9.15 Å². The van der Waals surface area contributed by atoms with Crippen LogP contribution in [0.2, 0.25) is 0 Å². The van der Waals surface area contributed by atoms with Gasteiger partial charge in [-0.1, -0.05) is 13.3 Å². The van der Waals surface area contributed by atoms with E-state index in [1.54, 1.807) is 6.26 Å². The molecule has 1 heterocycles. The maximum absolute atomic E-state index is 5.69. The van der Waals surface area contributed by atoms with E-state index in [2.05, 4.69) is 28.3 Å². The maximum atomic E-state index is 5.69. The Morgan fingerprint density at radius 2 is 2.31 bits per heavy atom. The second kappa shape index (κ2) is 7.06. The van der Waals surface area contributed by atoms with Gasteiger partial charge in [-0.2, -0.15) is 0 Å². The first-order chi connectivity index (χ1) is 7.74. The normalized spacial score (nSPS) is 15.0. The Kier molecular flexibility index (Phi) is 6.05. The van der Waals surface area contributed by atoms with E-state index in [9.17, 15) is 0 Å². The summed E-state index contributed by atoms with van der Waals surface area (Å²) in [5.74, 6) is 6.37. The molecule has 0 saturated carbocycles. The number of hydrogen-bond acceptors (Lipinski definition) is 4. The van der Waals surface area contributed by atoms with E-state index in [1.165, 1.54) is 0 Å². The molecular weight excluding hydrogens is 272 g/mol. The number of hydrogen-bond donors (Lipinski definition) is 2. The van der Waals surface area contributed by atoms with Gasteiger partial charge in [-0.15, -0.1) is 0 Å². The predicted octanol–water partition coefficient (Wildman–Crippen LogP) is 2.75. The Morgan fingerprint density at radius 1 is 1.56 bits per heavy atom. The zero-order valence-corrected chi connectivity index (χ0v) is 11.3. The van der Waals surface area contributed by atoms with E-state index in [0.717, 1.165) is 23.1 Å². The summed E-state index contributed by atoms with van der Waals surface area (Å²) in [5.41, 5.74) is 2.77. The zero-order valence-electron chi connectivity index (χ0n) is 9.70. The standard InChI is InChI=1S/C11H19BrN2O2/c1-3-5-9(15-4-2)10(14-13)11-8(12)6-7-16-11/h6-7,9-10,14H,3-5,13H2,1-2H3. The minimum absolute atomic E-state index is 0.0300. The van der Waals surface area contributed by atoms with E-state index in [4.69, 9.17) is 15.0 Å². The molecule has 92 valence electrons. The van der Waals surface area contributed by atoms with Crippen molar-refractivity contribution >= 4 is 15.9 Å². The van der Waals surface area contributed by atoms with Crippen LogP contribution in [0.5, 0.6) is 0 Å². The van der Waals surface area contributed by atoms with Crippen molar-refractivity contribution in [2.75, 3.05) is 6.61 Å². The van der Waals surface area contributed by atoms with E-state index in [1.807, 2.05) is 13.0 Å². The molecule has 16 heavy (non-hydrogen) atoms. The largest absolute Gasteiger partial charge is 0.466 e. The monoisotopic (exact) mass is 290 g/mol. The number of furan rings is 1. The van der Waals surface area contributed by atoms with Gasteiger partial charge >= 0.3 is 0 Å². The average molecular weight is 291 g/mol. The molecule has 0 aliphatic rings. The fourth-order valence-electron chi connectivity index (χ4n) is 1.72.